The van der Waals surface area contributed by atoms with Gasteiger partial charge in [-0.2, -0.15) is 0 Å². The third kappa shape index (κ3) is 3.32. The summed E-state index contributed by atoms with van der Waals surface area (Å²) in [6.07, 6.45) is 7.27. The molecule has 0 unspecified atom stereocenters. The highest BCUT2D eigenvalue weighted by molar-refractivity contribution is 7.99. The quantitative estimate of drug-likeness (QED) is 0.786. The molecule has 1 aliphatic carbocycles. The Morgan fingerprint density at radius 2 is 2.00 bits per heavy atom. The average Bonchev–Trinajstić information content (AvgIpc) is 3.24. The van der Waals surface area contributed by atoms with Crippen molar-refractivity contribution in [3.8, 4) is 0 Å². The average molecular weight is 356 g/mol. The predicted octanol–water partition coefficient (Wildman–Crippen LogP) is 3.54. The zero-order valence-electron chi connectivity index (χ0n) is 14.6. The smallest absolute Gasteiger partial charge is 0.237 e. The summed E-state index contributed by atoms with van der Waals surface area (Å²) >= 11 is 1.50. The number of para-hydroxylation sites is 1. The van der Waals surface area contributed by atoms with Gasteiger partial charge in [-0.1, -0.05) is 49.2 Å². The van der Waals surface area contributed by atoms with Crippen LogP contribution in [0.4, 0.5) is 5.69 Å². The lowest BCUT2D eigenvalue weighted by molar-refractivity contribution is -0.116. The van der Waals surface area contributed by atoms with Crippen LogP contribution in [0.25, 0.3) is 0 Å². The lowest BCUT2D eigenvalue weighted by Crippen LogP contribution is -2.30. The predicted molar refractivity (Wildman–Crippen MR) is 100 cm³/mol. The summed E-state index contributed by atoms with van der Waals surface area (Å²) in [6.45, 7) is 0.783. The summed E-state index contributed by atoms with van der Waals surface area (Å²) < 4.78 is 2.09. The fraction of sp³-hybridized carbons (Fsp3) is 0.526. The molecule has 0 atom stereocenters. The maximum absolute atomic E-state index is 12.6. The number of thioether (sulfide) groups is 1. The Bertz CT molecular complexity index is 767. The molecule has 6 heteroatoms. The minimum absolute atomic E-state index is 0.150. The van der Waals surface area contributed by atoms with Crippen LogP contribution in [0, 0.1) is 0 Å². The molecule has 0 spiro atoms. The molecule has 1 aromatic carbocycles. The van der Waals surface area contributed by atoms with Crippen molar-refractivity contribution in [2.45, 2.75) is 49.6 Å². The second-order valence-electron chi connectivity index (χ2n) is 6.95. The van der Waals surface area contributed by atoms with Gasteiger partial charge in [0, 0.05) is 25.2 Å². The number of hydrogen-bond acceptors (Lipinski definition) is 4. The molecule has 0 radical (unpaired) electrons. The third-order valence-electron chi connectivity index (χ3n) is 5.35. The lowest BCUT2D eigenvalue weighted by atomic mass is 9.89. The maximum Gasteiger partial charge on any atom is 0.237 e. The first kappa shape index (κ1) is 16.6. The summed E-state index contributed by atoms with van der Waals surface area (Å²) in [5.74, 6) is 2.17. The number of hydrogen-bond donors (Lipinski definition) is 0. The van der Waals surface area contributed by atoms with E-state index in [2.05, 4.69) is 20.8 Å². The van der Waals surface area contributed by atoms with Gasteiger partial charge in [-0.05, 0) is 30.9 Å². The molecule has 25 heavy (non-hydrogen) atoms. The van der Waals surface area contributed by atoms with Crippen molar-refractivity contribution in [3.05, 3.63) is 35.7 Å². The van der Waals surface area contributed by atoms with E-state index in [9.17, 15) is 4.79 Å². The zero-order valence-corrected chi connectivity index (χ0v) is 15.5. The number of anilines is 1. The van der Waals surface area contributed by atoms with Crippen molar-refractivity contribution >= 4 is 23.4 Å². The standard InChI is InChI=1S/C19H24N4OS/c1-22-18(15-8-3-2-4-9-15)20-21-19(22)25-13-17(24)23-12-11-14-7-5-6-10-16(14)23/h5-7,10,15H,2-4,8-9,11-13H2,1H3. The van der Waals surface area contributed by atoms with Gasteiger partial charge in [0.05, 0.1) is 5.75 Å². The molecule has 0 saturated heterocycles. The van der Waals surface area contributed by atoms with E-state index in [0.29, 0.717) is 11.7 Å². The molecule has 1 amide bonds. The molecule has 1 aliphatic heterocycles. The number of carbonyl (C=O) groups excluding carboxylic acids is 1. The number of aromatic nitrogens is 3. The molecule has 4 rings (SSSR count). The van der Waals surface area contributed by atoms with E-state index in [1.165, 1.54) is 49.4 Å². The molecule has 2 aromatic rings. The maximum atomic E-state index is 12.6. The van der Waals surface area contributed by atoms with Crippen LogP contribution in [0.1, 0.15) is 49.4 Å². The number of benzene rings is 1. The van der Waals surface area contributed by atoms with E-state index < -0.39 is 0 Å². The molecule has 2 heterocycles. The van der Waals surface area contributed by atoms with Crippen LogP contribution < -0.4 is 4.90 Å². The van der Waals surface area contributed by atoms with Crippen LogP contribution in [0.3, 0.4) is 0 Å². The second-order valence-corrected chi connectivity index (χ2v) is 7.89. The van der Waals surface area contributed by atoms with E-state index in [0.717, 1.165) is 29.6 Å². The first-order chi connectivity index (χ1) is 12.2. The van der Waals surface area contributed by atoms with Crippen LogP contribution in [-0.2, 0) is 18.3 Å². The van der Waals surface area contributed by atoms with Gasteiger partial charge in [0.15, 0.2) is 5.16 Å². The van der Waals surface area contributed by atoms with E-state index in [1.54, 1.807) is 0 Å². The molecular weight excluding hydrogens is 332 g/mol. The van der Waals surface area contributed by atoms with Gasteiger partial charge in [-0.15, -0.1) is 10.2 Å². The van der Waals surface area contributed by atoms with Crippen LogP contribution in [0.15, 0.2) is 29.4 Å². The van der Waals surface area contributed by atoms with Crippen LogP contribution in [0.2, 0.25) is 0 Å². The molecule has 0 bridgehead atoms. The molecule has 132 valence electrons. The van der Waals surface area contributed by atoms with E-state index in [4.69, 9.17) is 0 Å². The summed E-state index contributed by atoms with van der Waals surface area (Å²) in [4.78, 5) is 14.6. The zero-order chi connectivity index (χ0) is 17.2. The minimum Gasteiger partial charge on any atom is -0.311 e. The summed E-state index contributed by atoms with van der Waals surface area (Å²) in [7, 11) is 2.03. The van der Waals surface area contributed by atoms with Crippen molar-refractivity contribution in [1.29, 1.82) is 0 Å². The SMILES string of the molecule is Cn1c(SCC(=O)N2CCc3ccccc32)nnc1C1CCCCC1. The largest absolute Gasteiger partial charge is 0.311 e. The first-order valence-electron chi connectivity index (χ1n) is 9.14. The Labute approximate surface area is 152 Å². The van der Waals surface area contributed by atoms with Gasteiger partial charge < -0.3 is 9.47 Å². The Balaban J connectivity index is 1.40. The van der Waals surface area contributed by atoms with Gasteiger partial charge in [0.25, 0.3) is 0 Å². The lowest BCUT2D eigenvalue weighted by Gasteiger charge is -2.20. The molecule has 0 N–H and O–H groups in total. The molecule has 1 fully saturated rings. The summed E-state index contributed by atoms with van der Waals surface area (Å²) in [5, 5.41) is 9.61. The van der Waals surface area contributed by atoms with Gasteiger partial charge in [-0.3, -0.25) is 4.79 Å². The Morgan fingerprint density at radius 1 is 1.20 bits per heavy atom. The van der Waals surface area contributed by atoms with Gasteiger partial charge in [0.2, 0.25) is 5.91 Å². The van der Waals surface area contributed by atoms with Crippen molar-refractivity contribution < 1.29 is 4.79 Å². The fourth-order valence-electron chi connectivity index (χ4n) is 3.97. The summed E-state index contributed by atoms with van der Waals surface area (Å²) in [5.41, 5.74) is 2.33. The highest BCUT2D eigenvalue weighted by Gasteiger charge is 2.25. The topological polar surface area (TPSA) is 51.0 Å². The van der Waals surface area contributed by atoms with Crippen molar-refractivity contribution in [2.75, 3.05) is 17.2 Å². The van der Waals surface area contributed by atoms with Crippen LogP contribution in [-0.4, -0.2) is 33.0 Å². The summed E-state index contributed by atoms with van der Waals surface area (Å²) in [6, 6.07) is 8.17. The number of carbonyl (C=O) groups is 1. The normalized spacial score (nSPS) is 17.7. The molecule has 1 saturated carbocycles. The van der Waals surface area contributed by atoms with Crippen LogP contribution >= 0.6 is 11.8 Å². The van der Waals surface area contributed by atoms with E-state index >= 15 is 0 Å². The number of fused-ring (bicyclic) bond motifs is 1. The number of amides is 1. The van der Waals surface area contributed by atoms with Gasteiger partial charge in [0.1, 0.15) is 5.82 Å². The van der Waals surface area contributed by atoms with E-state index in [1.807, 2.05) is 30.1 Å². The Morgan fingerprint density at radius 3 is 2.84 bits per heavy atom. The third-order valence-corrected chi connectivity index (χ3v) is 6.36. The molecule has 1 aromatic heterocycles. The highest BCUT2D eigenvalue weighted by Crippen LogP contribution is 2.33. The highest BCUT2D eigenvalue weighted by atomic mass is 32.2. The van der Waals surface area contributed by atoms with Crippen molar-refractivity contribution in [1.82, 2.24) is 14.8 Å². The van der Waals surface area contributed by atoms with Gasteiger partial charge in [-0.25, -0.2) is 0 Å². The van der Waals surface area contributed by atoms with Crippen molar-refractivity contribution in [2.24, 2.45) is 7.05 Å². The number of nitrogens with zero attached hydrogens (tertiary/aromatic N) is 4. The van der Waals surface area contributed by atoms with Gasteiger partial charge >= 0.3 is 0 Å². The Kier molecular flexibility index (Phi) is 4.79. The molecule has 5 nitrogen and oxygen atoms in total. The van der Waals surface area contributed by atoms with Crippen molar-refractivity contribution in [3.63, 3.8) is 0 Å². The molecule has 2 aliphatic rings. The fourth-order valence-corrected chi connectivity index (χ4v) is 4.76. The first-order valence-corrected chi connectivity index (χ1v) is 10.1. The van der Waals surface area contributed by atoms with E-state index in [-0.39, 0.29) is 5.91 Å². The second kappa shape index (κ2) is 7.20. The molecular formula is C19H24N4OS. The monoisotopic (exact) mass is 356 g/mol. The Hall–Kier alpha value is -1.82. The number of rotatable bonds is 4. The minimum atomic E-state index is 0.150. The van der Waals surface area contributed by atoms with Crippen LogP contribution in [0.5, 0.6) is 0 Å².